The predicted molar refractivity (Wildman–Crippen MR) is 66.2 cm³/mol. The van der Waals surface area contributed by atoms with Crippen LogP contribution in [-0.4, -0.2) is 33.8 Å². The number of carboxylic acid groups (broad SMARTS) is 1. The zero-order valence-electron chi connectivity index (χ0n) is 11.1. The second-order valence-corrected chi connectivity index (χ2v) is 5.51. The standard InChI is InChI=1S/C11H18N4O4/c1-11(2,3)4-6(10(17)18)5-13-9(16)7-8(12)15-19-14-7/h6H,4-5H2,1-3H3,(H2,12,15)(H,13,16)(H,17,18). The summed E-state index contributed by atoms with van der Waals surface area (Å²) in [6, 6.07) is 0. The number of hydrogen-bond acceptors (Lipinski definition) is 6. The number of rotatable bonds is 5. The van der Waals surface area contributed by atoms with Gasteiger partial charge in [-0.3, -0.25) is 9.59 Å². The van der Waals surface area contributed by atoms with Crippen LogP contribution in [0, 0.1) is 11.3 Å². The van der Waals surface area contributed by atoms with E-state index in [0.29, 0.717) is 6.42 Å². The van der Waals surface area contributed by atoms with E-state index in [2.05, 4.69) is 20.3 Å². The molecule has 0 aromatic carbocycles. The highest BCUT2D eigenvalue weighted by Crippen LogP contribution is 2.24. The van der Waals surface area contributed by atoms with Gasteiger partial charge in [0.25, 0.3) is 5.91 Å². The van der Waals surface area contributed by atoms with E-state index >= 15 is 0 Å². The van der Waals surface area contributed by atoms with Crippen molar-refractivity contribution in [2.75, 3.05) is 12.3 Å². The zero-order valence-corrected chi connectivity index (χ0v) is 11.1. The summed E-state index contributed by atoms with van der Waals surface area (Å²) in [5.74, 6) is -2.36. The first-order valence-electron chi connectivity index (χ1n) is 5.80. The Kier molecular flexibility index (Phi) is 4.47. The molecule has 0 aliphatic carbocycles. The maximum Gasteiger partial charge on any atom is 0.308 e. The molecule has 8 nitrogen and oxygen atoms in total. The molecule has 0 fully saturated rings. The number of aliphatic carboxylic acids is 1. The number of amides is 1. The average molecular weight is 270 g/mol. The number of carbonyl (C=O) groups is 2. The molecule has 106 valence electrons. The molecular weight excluding hydrogens is 252 g/mol. The Morgan fingerprint density at radius 2 is 2.05 bits per heavy atom. The molecule has 0 saturated heterocycles. The second kappa shape index (κ2) is 5.68. The summed E-state index contributed by atoms with van der Waals surface area (Å²) in [4.78, 5) is 22.8. The molecule has 4 N–H and O–H groups in total. The number of nitrogens with two attached hydrogens (primary N) is 1. The summed E-state index contributed by atoms with van der Waals surface area (Å²) >= 11 is 0. The lowest BCUT2D eigenvalue weighted by atomic mass is 9.84. The number of carboxylic acids is 1. The van der Waals surface area contributed by atoms with E-state index in [0.717, 1.165) is 0 Å². The van der Waals surface area contributed by atoms with Gasteiger partial charge in [0.2, 0.25) is 11.5 Å². The third-order valence-corrected chi connectivity index (χ3v) is 2.45. The Balaban J connectivity index is 2.60. The van der Waals surface area contributed by atoms with Crippen LogP contribution in [0.5, 0.6) is 0 Å². The number of aromatic nitrogens is 2. The zero-order chi connectivity index (χ0) is 14.6. The first-order chi connectivity index (χ1) is 8.70. The molecule has 0 bridgehead atoms. The topological polar surface area (TPSA) is 131 Å². The minimum atomic E-state index is -0.957. The van der Waals surface area contributed by atoms with E-state index in [1.807, 2.05) is 20.8 Å². The van der Waals surface area contributed by atoms with Gasteiger partial charge in [0, 0.05) is 6.54 Å². The summed E-state index contributed by atoms with van der Waals surface area (Å²) in [5.41, 5.74) is 5.08. The monoisotopic (exact) mass is 270 g/mol. The highest BCUT2D eigenvalue weighted by atomic mass is 16.6. The van der Waals surface area contributed by atoms with Crippen molar-refractivity contribution in [3.63, 3.8) is 0 Å². The van der Waals surface area contributed by atoms with Crippen molar-refractivity contribution in [2.24, 2.45) is 11.3 Å². The van der Waals surface area contributed by atoms with Crippen molar-refractivity contribution in [1.82, 2.24) is 15.6 Å². The van der Waals surface area contributed by atoms with Gasteiger partial charge in [0.05, 0.1) is 5.92 Å². The number of anilines is 1. The highest BCUT2D eigenvalue weighted by molar-refractivity contribution is 5.96. The first kappa shape index (κ1) is 14.9. The highest BCUT2D eigenvalue weighted by Gasteiger charge is 2.26. The Morgan fingerprint density at radius 3 is 2.47 bits per heavy atom. The maximum atomic E-state index is 11.7. The summed E-state index contributed by atoms with van der Waals surface area (Å²) in [7, 11) is 0. The molecule has 0 spiro atoms. The average Bonchev–Trinajstić information content (AvgIpc) is 2.68. The summed E-state index contributed by atoms with van der Waals surface area (Å²) in [5, 5.41) is 18.2. The fraction of sp³-hybridized carbons (Fsp3) is 0.636. The van der Waals surface area contributed by atoms with E-state index in [4.69, 9.17) is 10.8 Å². The van der Waals surface area contributed by atoms with Crippen molar-refractivity contribution in [2.45, 2.75) is 27.2 Å². The number of nitrogens with one attached hydrogen (secondary N) is 1. The van der Waals surface area contributed by atoms with Crippen molar-refractivity contribution in [1.29, 1.82) is 0 Å². The largest absolute Gasteiger partial charge is 0.481 e. The number of carbonyl (C=O) groups excluding carboxylic acids is 1. The Bertz CT molecular complexity index is 464. The summed E-state index contributed by atoms with van der Waals surface area (Å²) in [6.07, 6.45) is 0.440. The predicted octanol–water partition coefficient (Wildman–Crippen LogP) is 0.519. The van der Waals surface area contributed by atoms with Gasteiger partial charge in [0.1, 0.15) is 0 Å². The molecule has 0 saturated carbocycles. The number of nitrogen functional groups attached to an aromatic ring is 1. The van der Waals surface area contributed by atoms with Crippen LogP contribution in [0.25, 0.3) is 0 Å². The summed E-state index contributed by atoms with van der Waals surface area (Å²) in [6.45, 7) is 5.80. The molecule has 19 heavy (non-hydrogen) atoms. The lowest BCUT2D eigenvalue weighted by molar-refractivity contribution is -0.142. The molecule has 0 radical (unpaired) electrons. The van der Waals surface area contributed by atoms with Crippen molar-refractivity contribution in [3.8, 4) is 0 Å². The molecule has 1 rings (SSSR count). The van der Waals surface area contributed by atoms with Crippen molar-refractivity contribution < 1.29 is 19.3 Å². The van der Waals surface area contributed by atoms with Crippen LogP contribution in [0.3, 0.4) is 0 Å². The molecule has 8 heteroatoms. The molecular formula is C11H18N4O4. The van der Waals surface area contributed by atoms with E-state index in [1.54, 1.807) is 0 Å². The molecule has 0 aliphatic heterocycles. The minimum absolute atomic E-state index is 0.00225. The fourth-order valence-electron chi connectivity index (χ4n) is 1.64. The van der Waals surface area contributed by atoms with Gasteiger partial charge in [-0.15, -0.1) is 0 Å². The van der Waals surface area contributed by atoms with Gasteiger partial charge in [-0.1, -0.05) is 20.8 Å². The minimum Gasteiger partial charge on any atom is -0.481 e. The van der Waals surface area contributed by atoms with Crippen LogP contribution >= 0.6 is 0 Å². The van der Waals surface area contributed by atoms with Gasteiger partial charge in [-0.05, 0) is 22.1 Å². The molecule has 1 aromatic rings. The van der Waals surface area contributed by atoms with Gasteiger partial charge in [0.15, 0.2) is 0 Å². The Labute approximate surface area is 110 Å². The van der Waals surface area contributed by atoms with Crippen LogP contribution in [0.1, 0.15) is 37.7 Å². The van der Waals surface area contributed by atoms with E-state index < -0.39 is 17.8 Å². The van der Waals surface area contributed by atoms with Crippen molar-refractivity contribution in [3.05, 3.63) is 5.69 Å². The van der Waals surface area contributed by atoms with Gasteiger partial charge < -0.3 is 16.2 Å². The molecule has 1 aromatic heterocycles. The van der Waals surface area contributed by atoms with E-state index in [-0.39, 0.29) is 23.5 Å². The molecule has 1 unspecified atom stereocenters. The van der Waals surface area contributed by atoms with Crippen LogP contribution in [-0.2, 0) is 4.79 Å². The van der Waals surface area contributed by atoms with Crippen LogP contribution in [0.4, 0.5) is 5.82 Å². The molecule has 1 atom stereocenters. The summed E-state index contributed by atoms with van der Waals surface area (Å²) < 4.78 is 4.30. The Hall–Kier alpha value is -2.12. The van der Waals surface area contributed by atoms with E-state index in [9.17, 15) is 9.59 Å². The van der Waals surface area contributed by atoms with Gasteiger partial charge in [-0.25, -0.2) is 4.63 Å². The Morgan fingerprint density at radius 1 is 1.42 bits per heavy atom. The lowest BCUT2D eigenvalue weighted by Gasteiger charge is -2.23. The van der Waals surface area contributed by atoms with Crippen LogP contribution in [0.2, 0.25) is 0 Å². The third-order valence-electron chi connectivity index (χ3n) is 2.45. The maximum absolute atomic E-state index is 11.7. The SMILES string of the molecule is CC(C)(C)CC(CNC(=O)c1nonc1N)C(=O)O. The van der Waals surface area contributed by atoms with Gasteiger partial charge >= 0.3 is 5.97 Å². The normalized spacial score (nSPS) is 13.0. The van der Waals surface area contributed by atoms with Crippen LogP contribution < -0.4 is 11.1 Å². The lowest BCUT2D eigenvalue weighted by Crippen LogP contribution is -2.35. The molecule has 0 aliphatic rings. The molecule has 1 heterocycles. The second-order valence-electron chi connectivity index (χ2n) is 5.51. The first-order valence-corrected chi connectivity index (χ1v) is 5.80. The van der Waals surface area contributed by atoms with Gasteiger partial charge in [-0.2, -0.15) is 0 Å². The smallest absolute Gasteiger partial charge is 0.308 e. The fourth-order valence-corrected chi connectivity index (χ4v) is 1.64. The number of nitrogens with zero attached hydrogens (tertiary/aromatic N) is 2. The number of hydrogen-bond donors (Lipinski definition) is 3. The quantitative estimate of drug-likeness (QED) is 0.710. The van der Waals surface area contributed by atoms with E-state index in [1.165, 1.54) is 0 Å². The van der Waals surface area contributed by atoms with Crippen molar-refractivity contribution >= 4 is 17.7 Å². The third kappa shape index (κ3) is 4.57. The molecule has 1 amide bonds. The van der Waals surface area contributed by atoms with Crippen LogP contribution in [0.15, 0.2) is 4.63 Å².